The zero-order valence-corrected chi connectivity index (χ0v) is 13.0. The third kappa shape index (κ3) is 4.15. The van der Waals surface area contributed by atoms with Crippen molar-refractivity contribution in [1.29, 1.82) is 0 Å². The number of aryl methyl sites for hydroxylation is 1. The Bertz CT molecular complexity index is 766. The van der Waals surface area contributed by atoms with Crippen LogP contribution in [0.1, 0.15) is 21.9 Å². The second kappa shape index (κ2) is 6.87. The molecule has 2 aromatic rings. The van der Waals surface area contributed by atoms with E-state index < -0.39 is 10.0 Å². The molecule has 0 saturated carbocycles. The van der Waals surface area contributed by atoms with Crippen LogP contribution in [0.15, 0.2) is 23.2 Å². The van der Waals surface area contributed by atoms with Gasteiger partial charge in [0.25, 0.3) is 0 Å². The van der Waals surface area contributed by atoms with E-state index in [2.05, 4.69) is 26.8 Å². The molecule has 0 spiro atoms. The van der Waals surface area contributed by atoms with Crippen molar-refractivity contribution in [1.82, 2.24) is 14.9 Å². The van der Waals surface area contributed by atoms with Crippen molar-refractivity contribution >= 4 is 21.4 Å². The molecular weight excluding hydrogens is 310 g/mol. The number of hydrogen-bond acceptors (Lipinski definition) is 5. The van der Waals surface area contributed by atoms with Gasteiger partial charge >= 0.3 is 0 Å². The van der Waals surface area contributed by atoms with Gasteiger partial charge in [-0.3, -0.25) is 5.10 Å². The monoisotopic (exact) mass is 325 g/mol. The zero-order chi connectivity index (χ0) is 15.3. The summed E-state index contributed by atoms with van der Waals surface area (Å²) in [4.78, 5) is 1.87. The van der Waals surface area contributed by atoms with Gasteiger partial charge in [-0.25, -0.2) is 13.1 Å². The zero-order valence-electron chi connectivity index (χ0n) is 11.4. The second-order valence-corrected chi connectivity index (χ2v) is 7.13. The maximum Gasteiger partial charge on any atom is 0.244 e. The molecule has 6 nitrogen and oxygen atoms in total. The van der Waals surface area contributed by atoms with Crippen LogP contribution in [0.2, 0.25) is 0 Å². The molecule has 0 bridgehead atoms. The molecule has 8 heteroatoms. The predicted molar refractivity (Wildman–Crippen MR) is 80.3 cm³/mol. The summed E-state index contributed by atoms with van der Waals surface area (Å²) in [5, 5.41) is 15.0. The van der Waals surface area contributed by atoms with E-state index >= 15 is 0 Å². The van der Waals surface area contributed by atoms with E-state index in [0.29, 0.717) is 12.1 Å². The molecule has 0 saturated heterocycles. The number of aliphatic hydroxyl groups excluding tert-OH is 1. The van der Waals surface area contributed by atoms with Gasteiger partial charge in [-0.05, 0) is 19.1 Å². The second-order valence-electron chi connectivity index (χ2n) is 4.23. The molecule has 2 heterocycles. The molecule has 3 N–H and O–H groups in total. The van der Waals surface area contributed by atoms with Gasteiger partial charge in [0.05, 0.1) is 23.4 Å². The van der Waals surface area contributed by atoms with Crippen LogP contribution >= 0.6 is 11.3 Å². The molecular formula is C13H15N3O3S2. The van der Waals surface area contributed by atoms with Gasteiger partial charge < -0.3 is 5.11 Å². The molecule has 0 unspecified atom stereocenters. The molecule has 0 aromatic carbocycles. The number of aliphatic hydroxyl groups is 1. The Morgan fingerprint density at radius 3 is 2.95 bits per heavy atom. The first kappa shape index (κ1) is 15.7. The van der Waals surface area contributed by atoms with E-state index in [1.165, 1.54) is 17.5 Å². The van der Waals surface area contributed by atoms with Crippen molar-refractivity contribution in [3.05, 3.63) is 33.8 Å². The van der Waals surface area contributed by atoms with Crippen molar-refractivity contribution in [3.8, 4) is 11.8 Å². The van der Waals surface area contributed by atoms with Crippen molar-refractivity contribution in [2.75, 3.05) is 6.61 Å². The first-order valence-corrected chi connectivity index (χ1v) is 8.51. The lowest BCUT2D eigenvalue weighted by molar-refractivity contribution is 0.305. The number of nitrogens with zero attached hydrogens (tertiary/aromatic N) is 1. The summed E-state index contributed by atoms with van der Waals surface area (Å²) >= 11 is 1.42. The van der Waals surface area contributed by atoms with Gasteiger partial charge in [-0.1, -0.05) is 11.8 Å². The Kier molecular flexibility index (Phi) is 5.14. The standard InChI is InChI=1S/C13H15N3O3S2/c1-10-13(9-14-16-10)21(18,19)15-8-12-6-5-11(20-12)4-2-3-7-17/h5-6,9,15,17H,3,7-8H2,1H3,(H,14,16). The van der Waals surface area contributed by atoms with Crippen LogP contribution in [0.25, 0.3) is 0 Å². The van der Waals surface area contributed by atoms with E-state index in [1.807, 2.05) is 12.1 Å². The number of hydrogen-bond donors (Lipinski definition) is 3. The highest BCUT2D eigenvalue weighted by atomic mass is 32.2. The van der Waals surface area contributed by atoms with Crippen molar-refractivity contribution < 1.29 is 13.5 Å². The number of sulfonamides is 1. The van der Waals surface area contributed by atoms with E-state index in [0.717, 1.165) is 9.75 Å². The Morgan fingerprint density at radius 1 is 1.48 bits per heavy atom. The topological polar surface area (TPSA) is 95.1 Å². The molecule has 21 heavy (non-hydrogen) atoms. The molecule has 112 valence electrons. The van der Waals surface area contributed by atoms with Crippen molar-refractivity contribution in [2.45, 2.75) is 24.8 Å². The minimum Gasteiger partial charge on any atom is -0.395 e. The summed E-state index contributed by atoms with van der Waals surface area (Å²) in [6, 6.07) is 3.67. The van der Waals surface area contributed by atoms with Gasteiger partial charge in [0.2, 0.25) is 10.0 Å². The highest BCUT2D eigenvalue weighted by Crippen LogP contribution is 2.17. The molecule has 0 aliphatic rings. The predicted octanol–water partition coefficient (Wildman–Crippen LogP) is 0.992. The van der Waals surface area contributed by atoms with Crippen molar-refractivity contribution in [3.63, 3.8) is 0 Å². The van der Waals surface area contributed by atoms with E-state index in [-0.39, 0.29) is 18.0 Å². The first-order valence-electron chi connectivity index (χ1n) is 6.21. The minimum absolute atomic E-state index is 0.0368. The Hall–Kier alpha value is -1.66. The normalized spacial score (nSPS) is 11.1. The summed E-state index contributed by atoms with van der Waals surface area (Å²) in [6.07, 6.45) is 1.72. The maximum atomic E-state index is 12.1. The quantitative estimate of drug-likeness (QED) is 0.715. The highest BCUT2D eigenvalue weighted by Gasteiger charge is 2.18. The van der Waals surface area contributed by atoms with E-state index in [4.69, 9.17) is 5.11 Å². The number of aromatic amines is 1. The molecule has 0 aliphatic heterocycles. The number of rotatable bonds is 5. The van der Waals surface area contributed by atoms with Crippen molar-refractivity contribution in [2.24, 2.45) is 0 Å². The number of H-pyrrole nitrogens is 1. The number of thiophene rings is 1. The van der Waals surface area contributed by atoms with Crippen LogP contribution in [0.4, 0.5) is 0 Å². The largest absolute Gasteiger partial charge is 0.395 e. The molecule has 0 amide bonds. The highest BCUT2D eigenvalue weighted by molar-refractivity contribution is 7.89. The molecule has 0 aliphatic carbocycles. The SMILES string of the molecule is Cc1[nH]ncc1S(=O)(=O)NCc1ccc(C#CCCO)s1. The lowest BCUT2D eigenvalue weighted by Crippen LogP contribution is -2.23. The molecule has 2 rings (SSSR count). The third-order valence-electron chi connectivity index (χ3n) is 2.62. The molecule has 0 fully saturated rings. The number of nitrogens with one attached hydrogen (secondary N) is 2. The molecule has 0 atom stereocenters. The van der Waals surface area contributed by atoms with Gasteiger partial charge in [-0.2, -0.15) is 5.10 Å². The average molecular weight is 325 g/mol. The summed E-state index contributed by atoms with van der Waals surface area (Å²) < 4.78 is 26.7. The lowest BCUT2D eigenvalue weighted by atomic mass is 10.4. The van der Waals surface area contributed by atoms with E-state index in [1.54, 1.807) is 6.92 Å². The fourth-order valence-corrected chi connectivity index (χ4v) is 3.65. The lowest BCUT2D eigenvalue weighted by Gasteiger charge is -2.03. The van der Waals surface area contributed by atoms with Crippen LogP contribution < -0.4 is 4.72 Å². The fourth-order valence-electron chi connectivity index (χ4n) is 1.60. The summed E-state index contributed by atoms with van der Waals surface area (Å²) in [7, 11) is -3.56. The molecule has 0 radical (unpaired) electrons. The van der Waals surface area contributed by atoms with Crippen LogP contribution in [0, 0.1) is 18.8 Å². The maximum absolute atomic E-state index is 12.1. The average Bonchev–Trinajstić information content (AvgIpc) is 3.06. The van der Waals surface area contributed by atoms with Crippen LogP contribution in [-0.4, -0.2) is 30.3 Å². The smallest absolute Gasteiger partial charge is 0.244 e. The van der Waals surface area contributed by atoms with E-state index in [9.17, 15) is 8.42 Å². The third-order valence-corrected chi connectivity index (χ3v) is 5.14. The minimum atomic E-state index is -3.56. The summed E-state index contributed by atoms with van der Waals surface area (Å²) in [5.74, 6) is 5.74. The summed E-state index contributed by atoms with van der Waals surface area (Å²) in [6.45, 7) is 1.90. The van der Waals surface area contributed by atoms with Crippen LogP contribution in [0.5, 0.6) is 0 Å². The fraction of sp³-hybridized carbons (Fsp3) is 0.308. The Balaban J connectivity index is 2.01. The Morgan fingerprint density at radius 2 is 2.29 bits per heavy atom. The Labute approximate surface area is 127 Å². The van der Waals surface area contributed by atoms with Gasteiger partial charge in [0.1, 0.15) is 4.90 Å². The first-order chi connectivity index (χ1) is 10.0. The van der Waals surface area contributed by atoms with Crippen LogP contribution in [-0.2, 0) is 16.6 Å². The van der Waals surface area contributed by atoms with Gasteiger partial charge in [0.15, 0.2) is 0 Å². The van der Waals surface area contributed by atoms with Gasteiger partial charge in [-0.15, -0.1) is 11.3 Å². The number of aromatic nitrogens is 2. The summed E-state index contributed by atoms with van der Waals surface area (Å²) in [5.41, 5.74) is 0.504. The van der Waals surface area contributed by atoms with Crippen LogP contribution in [0.3, 0.4) is 0 Å². The molecule has 2 aromatic heterocycles. The van der Waals surface area contributed by atoms with Gasteiger partial charge in [0, 0.05) is 17.8 Å².